The molecule has 0 aromatic heterocycles. The second-order valence-corrected chi connectivity index (χ2v) is 3.29. The molecule has 0 atom stereocenters. The van der Waals surface area contributed by atoms with Crippen LogP contribution in [0.3, 0.4) is 0 Å². The van der Waals surface area contributed by atoms with Gasteiger partial charge in [-0.15, -0.1) is 0 Å². The molecule has 15 heavy (non-hydrogen) atoms. The summed E-state index contributed by atoms with van der Waals surface area (Å²) in [5.74, 6) is -2.13. The largest absolute Gasteiger partial charge is 0.302 e. The molecule has 1 aliphatic heterocycles. The predicted molar refractivity (Wildman–Crippen MR) is 48.3 cm³/mol. The first-order valence-electron chi connectivity index (χ1n) is 4.35. The predicted octanol–water partition coefficient (Wildman–Crippen LogP) is 1.27. The highest BCUT2D eigenvalue weighted by Gasteiger charge is 2.30. The van der Waals surface area contributed by atoms with Gasteiger partial charge in [-0.1, -0.05) is 0 Å². The molecule has 0 radical (unpaired) electrons. The Morgan fingerprint density at radius 1 is 1.20 bits per heavy atom. The standard InChI is InChI=1S/C10H7F2NO2/c11-6-1-2-8(12)9(3-6)13-5-7(14)4-10(13)15/h1-3H,4-5H2. The van der Waals surface area contributed by atoms with Crippen molar-refractivity contribution >= 4 is 17.4 Å². The van der Waals surface area contributed by atoms with Crippen LogP contribution in [0.15, 0.2) is 18.2 Å². The molecule has 0 saturated carbocycles. The van der Waals surface area contributed by atoms with Crippen molar-refractivity contribution in [1.82, 2.24) is 0 Å². The Hall–Kier alpha value is -1.78. The first-order valence-corrected chi connectivity index (χ1v) is 4.35. The summed E-state index contributed by atoms with van der Waals surface area (Å²) in [6.07, 6.45) is -0.240. The van der Waals surface area contributed by atoms with E-state index in [2.05, 4.69) is 0 Å². The molecule has 1 aliphatic rings. The molecule has 2 rings (SSSR count). The van der Waals surface area contributed by atoms with E-state index in [1.807, 2.05) is 0 Å². The highest BCUT2D eigenvalue weighted by molar-refractivity contribution is 6.15. The molecule has 3 nitrogen and oxygen atoms in total. The van der Waals surface area contributed by atoms with Crippen LogP contribution >= 0.6 is 0 Å². The van der Waals surface area contributed by atoms with Gasteiger partial charge in [-0.3, -0.25) is 9.59 Å². The third-order valence-corrected chi connectivity index (χ3v) is 2.18. The maximum absolute atomic E-state index is 13.3. The first kappa shape index (κ1) is 9.76. The molecule has 0 N–H and O–H groups in total. The molecule has 1 saturated heterocycles. The number of benzene rings is 1. The van der Waals surface area contributed by atoms with Crippen LogP contribution in [-0.4, -0.2) is 18.2 Å². The molecule has 5 heteroatoms. The number of halogens is 2. The van der Waals surface area contributed by atoms with Gasteiger partial charge in [-0.05, 0) is 12.1 Å². The van der Waals surface area contributed by atoms with Crippen LogP contribution in [0.25, 0.3) is 0 Å². The Labute approximate surface area is 84.3 Å². The molecule has 0 spiro atoms. The zero-order valence-corrected chi connectivity index (χ0v) is 7.67. The van der Waals surface area contributed by atoms with E-state index in [1.165, 1.54) is 0 Å². The lowest BCUT2D eigenvalue weighted by molar-refractivity contribution is -0.121. The summed E-state index contributed by atoms with van der Waals surface area (Å²) in [4.78, 5) is 23.2. The second-order valence-electron chi connectivity index (χ2n) is 3.29. The van der Waals surface area contributed by atoms with E-state index >= 15 is 0 Å². The smallest absolute Gasteiger partial charge is 0.235 e. The Bertz CT molecular complexity index is 445. The summed E-state index contributed by atoms with van der Waals surface area (Å²) < 4.78 is 26.1. The van der Waals surface area contributed by atoms with Crippen LogP contribution < -0.4 is 4.90 Å². The molecule has 0 aliphatic carbocycles. The van der Waals surface area contributed by atoms with Gasteiger partial charge in [0.1, 0.15) is 11.6 Å². The summed E-state index contributed by atoms with van der Waals surface area (Å²) in [5, 5.41) is 0. The number of carbonyl (C=O) groups excluding carboxylic acids is 2. The van der Waals surface area contributed by atoms with E-state index in [0.717, 1.165) is 23.1 Å². The van der Waals surface area contributed by atoms with Crippen molar-refractivity contribution < 1.29 is 18.4 Å². The van der Waals surface area contributed by atoms with E-state index in [0.29, 0.717) is 0 Å². The average Bonchev–Trinajstić information content (AvgIpc) is 2.50. The minimum Gasteiger partial charge on any atom is -0.302 e. The maximum atomic E-state index is 13.3. The molecule has 1 aromatic rings. The van der Waals surface area contributed by atoms with E-state index < -0.39 is 17.5 Å². The molecule has 78 valence electrons. The Morgan fingerprint density at radius 2 is 1.93 bits per heavy atom. The van der Waals surface area contributed by atoms with Gasteiger partial charge in [-0.25, -0.2) is 8.78 Å². The number of Topliss-reactive ketones (excluding diaryl/α,β-unsaturated/α-hetero) is 1. The fraction of sp³-hybridized carbons (Fsp3) is 0.200. The lowest BCUT2D eigenvalue weighted by Crippen LogP contribution is -2.25. The normalized spacial score (nSPS) is 16.3. The number of carbonyl (C=O) groups is 2. The number of anilines is 1. The Balaban J connectivity index is 2.41. The van der Waals surface area contributed by atoms with Crippen LogP contribution in [0.1, 0.15) is 6.42 Å². The topological polar surface area (TPSA) is 37.4 Å². The van der Waals surface area contributed by atoms with Crippen molar-refractivity contribution in [3.8, 4) is 0 Å². The first-order chi connectivity index (χ1) is 7.08. The van der Waals surface area contributed by atoms with Crippen molar-refractivity contribution in [1.29, 1.82) is 0 Å². The van der Waals surface area contributed by atoms with Crippen LogP contribution in [-0.2, 0) is 9.59 Å². The Morgan fingerprint density at radius 3 is 2.53 bits per heavy atom. The summed E-state index contributed by atoms with van der Waals surface area (Å²) in [7, 11) is 0. The van der Waals surface area contributed by atoms with Crippen LogP contribution in [0.2, 0.25) is 0 Å². The second kappa shape index (κ2) is 3.42. The van der Waals surface area contributed by atoms with Gasteiger partial charge < -0.3 is 4.90 Å². The lowest BCUT2D eigenvalue weighted by atomic mass is 10.2. The number of amides is 1. The minimum absolute atomic E-state index is 0.175. The van der Waals surface area contributed by atoms with Crippen molar-refractivity contribution in [2.24, 2.45) is 0 Å². The molecule has 0 bridgehead atoms. The highest BCUT2D eigenvalue weighted by atomic mass is 19.1. The quantitative estimate of drug-likeness (QED) is 0.656. The monoisotopic (exact) mass is 211 g/mol. The van der Waals surface area contributed by atoms with Crippen molar-refractivity contribution in [2.75, 3.05) is 11.4 Å². The molecular weight excluding hydrogens is 204 g/mol. The van der Waals surface area contributed by atoms with Crippen molar-refractivity contribution in [2.45, 2.75) is 6.42 Å². The number of rotatable bonds is 1. The fourth-order valence-electron chi connectivity index (χ4n) is 1.50. The van der Waals surface area contributed by atoms with E-state index in [1.54, 1.807) is 0 Å². The molecule has 1 heterocycles. The van der Waals surface area contributed by atoms with E-state index in [4.69, 9.17) is 0 Å². The van der Waals surface area contributed by atoms with Gasteiger partial charge in [0.2, 0.25) is 5.91 Å². The van der Waals surface area contributed by atoms with E-state index in [-0.39, 0.29) is 24.4 Å². The summed E-state index contributed by atoms with van der Waals surface area (Å²) in [5.41, 5.74) is -0.175. The Kier molecular flexibility index (Phi) is 2.22. The molecule has 1 amide bonds. The molecule has 1 aromatic carbocycles. The summed E-state index contributed by atoms with van der Waals surface area (Å²) >= 11 is 0. The zero-order valence-electron chi connectivity index (χ0n) is 7.67. The van der Waals surface area contributed by atoms with Crippen LogP contribution in [0.4, 0.5) is 14.5 Å². The van der Waals surface area contributed by atoms with Gasteiger partial charge >= 0.3 is 0 Å². The summed E-state index contributed by atoms with van der Waals surface area (Å²) in [6.45, 7) is -0.181. The zero-order chi connectivity index (χ0) is 11.0. The molecule has 1 fully saturated rings. The van der Waals surface area contributed by atoms with Gasteiger partial charge in [0.15, 0.2) is 5.78 Å². The highest BCUT2D eigenvalue weighted by Crippen LogP contribution is 2.23. The number of ketones is 1. The minimum atomic E-state index is -0.709. The van der Waals surface area contributed by atoms with E-state index in [9.17, 15) is 18.4 Å². The number of nitrogens with zero attached hydrogens (tertiary/aromatic N) is 1. The van der Waals surface area contributed by atoms with Crippen molar-refractivity contribution in [3.05, 3.63) is 29.8 Å². The van der Waals surface area contributed by atoms with Gasteiger partial charge in [0.25, 0.3) is 0 Å². The molecular formula is C10H7F2NO2. The van der Waals surface area contributed by atoms with Gasteiger partial charge in [-0.2, -0.15) is 0 Å². The SMILES string of the molecule is O=C1CC(=O)N(c2cc(F)ccc2F)C1. The third-order valence-electron chi connectivity index (χ3n) is 2.18. The average molecular weight is 211 g/mol. The number of hydrogen-bond acceptors (Lipinski definition) is 2. The van der Waals surface area contributed by atoms with Crippen LogP contribution in [0.5, 0.6) is 0 Å². The van der Waals surface area contributed by atoms with Crippen molar-refractivity contribution in [3.63, 3.8) is 0 Å². The lowest BCUT2D eigenvalue weighted by Gasteiger charge is -2.15. The van der Waals surface area contributed by atoms with Crippen LogP contribution in [0, 0.1) is 11.6 Å². The number of hydrogen-bond donors (Lipinski definition) is 0. The maximum Gasteiger partial charge on any atom is 0.235 e. The summed E-state index contributed by atoms with van der Waals surface area (Å²) in [6, 6.07) is 2.80. The fourth-order valence-corrected chi connectivity index (χ4v) is 1.50. The van der Waals surface area contributed by atoms with Gasteiger partial charge in [0, 0.05) is 6.07 Å². The van der Waals surface area contributed by atoms with Gasteiger partial charge in [0.05, 0.1) is 18.7 Å². The molecule has 0 unspecified atom stereocenters. The third kappa shape index (κ3) is 1.72.